The second kappa shape index (κ2) is 9.03. The Labute approximate surface area is 226 Å². The normalized spacial score (nSPS) is 22.5. The molecule has 0 amide bonds. The van der Waals surface area contributed by atoms with Gasteiger partial charge < -0.3 is 5.32 Å². The first-order chi connectivity index (χ1) is 18.6. The van der Waals surface area contributed by atoms with E-state index >= 15 is 0 Å². The topological polar surface area (TPSA) is 12.0 Å². The Kier molecular flexibility index (Phi) is 5.48. The molecule has 1 saturated carbocycles. The molecule has 1 nitrogen and oxygen atoms in total. The number of rotatable bonds is 4. The Balaban J connectivity index is 1.19. The molecule has 0 aromatic heterocycles. The summed E-state index contributed by atoms with van der Waals surface area (Å²) >= 11 is 0. The van der Waals surface area contributed by atoms with Crippen molar-refractivity contribution in [2.75, 3.05) is 5.32 Å². The third kappa shape index (κ3) is 3.61. The number of allylic oxidation sites excluding steroid dienone is 10. The van der Waals surface area contributed by atoms with Crippen LogP contribution in [0.5, 0.6) is 0 Å². The van der Waals surface area contributed by atoms with Crippen LogP contribution in [0.15, 0.2) is 134 Å². The molecule has 7 rings (SSSR count). The third-order valence-electron chi connectivity index (χ3n) is 9.03. The minimum Gasteiger partial charge on any atom is -0.355 e. The molecule has 1 fully saturated rings. The van der Waals surface area contributed by atoms with Crippen LogP contribution in [0.25, 0.3) is 16.7 Å². The first-order valence-corrected chi connectivity index (χ1v) is 13.9. The Hall–Kier alpha value is -4.10. The minimum absolute atomic E-state index is 0.189. The smallest absolute Gasteiger partial charge is 0.0467 e. The summed E-state index contributed by atoms with van der Waals surface area (Å²) in [5.74, 6) is 0.532. The van der Waals surface area contributed by atoms with Gasteiger partial charge in [-0.25, -0.2) is 0 Å². The van der Waals surface area contributed by atoms with Crippen molar-refractivity contribution in [2.24, 2.45) is 11.8 Å². The number of hydrogen-bond acceptors (Lipinski definition) is 1. The van der Waals surface area contributed by atoms with Crippen LogP contribution >= 0.6 is 0 Å². The summed E-state index contributed by atoms with van der Waals surface area (Å²) in [4.78, 5) is 0. The van der Waals surface area contributed by atoms with Crippen molar-refractivity contribution in [1.82, 2.24) is 0 Å². The minimum atomic E-state index is 0.189. The molecule has 0 heterocycles. The molecule has 1 N–H and O–H groups in total. The number of benzene rings is 3. The van der Waals surface area contributed by atoms with Crippen molar-refractivity contribution in [2.45, 2.75) is 31.1 Å². The van der Waals surface area contributed by atoms with Crippen LogP contribution in [0.1, 0.15) is 42.4 Å². The molecule has 0 radical (unpaired) electrons. The summed E-state index contributed by atoms with van der Waals surface area (Å²) in [5, 5.41) is 3.81. The molecule has 1 heteroatoms. The highest BCUT2D eigenvalue weighted by Crippen LogP contribution is 2.58. The van der Waals surface area contributed by atoms with E-state index in [9.17, 15) is 0 Å². The number of anilines is 2. The number of hydrogen-bond donors (Lipinski definition) is 1. The Morgan fingerprint density at radius 1 is 0.737 bits per heavy atom. The Morgan fingerprint density at radius 2 is 1.53 bits per heavy atom. The van der Waals surface area contributed by atoms with Gasteiger partial charge in [0, 0.05) is 34.2 Å². The van der Waals surface area contributed by atoms with Gasteiger partial charge in [0.15, 0.2) is 0 Å². The lowest BCUT2D eigenvalue weighted by Crippen LogP contribution is -2.20. The fraction of sp³-hybridized carbons (Fsp3) is 0.189. The molecule has 2 unspecified atom stereocenters. The van der Waals surface area contributed by atoms with Gasteiger partial charge in [-0.05, 0) is 70.0 Å². The molecular formula is C37H33N. The van der Waals surface area contributed by atoms with Crippen LogP contribution in [-0.4, -0.2) is 0 Å². The summed E-state index contributed by atoms with van der Waals surface area (Å²) < 4.78 is 0. The molecule has 186 valence electrons. The van der Waals surface area contributed by atoms with Crippen LogP contribution in [0.2, 0.25) is 0 Å². The highest BCUT2D eigenvalue weighted by Gasteiger charge is 2.45. The third-order valence-corrected chi connectivity index (χ3v) is 9.03. The van der Waals surface area contributed by atoms with Crippen molar-refractivity contribution in [1.29, 1.82) is 0 Å². The van der Waals surface area contributed by atoms with E-state index in [-0.39, 0.29) is 17.3 Å². The Bertz CT molecular complexity index is 1580. The van der Waals surface area contributed by atoms with Gasteiger partial charge in [-0.1, -0.05) is 117 Å². The first kappa shape index (κ1) is 23.0. The van der Waals surface area contributed by atoms with Crippen LogP contribution in [0.3, 0.4) is 0 Å². The largest absolute Gasteiger partial charge is 0.355 e. The second-order valence-electron chi connectivity index (χ2n) is 11.2. The number of nitrogens with one attached hydrogen (secondary N) is 1. The van der Waals surface area contributed by atoms with Gasteiger partial charge in [-0.3, -0.25) is 0 Å². The highest BCUT2D eigenvalue weighted by atomic mass is 14.9. The van der Waals surface area contributed by atoms with E-state index in [0.717, 1.165) is 16.8 Å². The van der Waals surface area contributed by atoms with Gasteiger partial charge in [0.25, 0.3) is 0 Å². The van der Waals surface area contributed by atoms with Crippen LogP contribution in [-0.2, 0) is 5.41 Å². The molecular weight excluding hydrogens is 458 g/mol. The molecule has 4 aliphatic rings. The first-order valence-electron chi connectivity index (χ1n) is 13.9. The monoisotopic (exact) mass is 491 g/mol. The molecule has 1 spiro atoms. The maximum Gasteiger partial charge on any atom is 0.0467 e. The molecule has 3 aromatic carbocycles. The van der Waals surface area contributed by atoms with E-state index in [1.54, 1.807) is 0 Å². The van der Waals surface area contributed by atoms with Crippen molar-refractivity contribution in [3.8, 4) is 11.1 Å². The maximum absolute atomic E-state index is 4.42. The maximum atomic E-state index is 4.42. The zero-order valence-electron chi connectivity index (χ0n) is 21.8. The van der Waals surface area contributed by atoms with Gasteiger partial charge in [0.2, 0.25) is 0 Å². The SMILES string of the molecule is C=C1C=CC=CC1C1C=CC(c2cccc(Nc3cccc4c3-c3ccccc3C43CCCC3)c2)=CC1=C. The molecule has 0 aliphatic heterocycles. The zero-order valence-corrected chi connectivity index (χ0v) is 21.8. The lowest BCUT2D eigenvalue weighted by atomic mass is 9.76. The van der Waals surface area contributed by atoms with Gasteiger partial charge in [0.05, 0.1) is 0 Å². The van der Waals surface area contributed by atoms with E-state index in [2.05, 4.69) is 128 Å². The molecule has 3 aromatic rings. The predicted molar refractivity (Wildman–Crippen MR) is 162 cm³/mol. The van der Waals surface area contributed by atoms with Crippen LogP contribution < -0.4 is 5.32 Å². The average Bonchev–Trinajstić information content (AvgIpc) is 3.55. The fourth-order valence-corrected chi connectivity index (χ4v) is 7.21. The molecule has 4 aliphatic carbocycles. The molecule has 0 saturated heterocycles. The van der Waals surface area contributed by atoms with Gasteiger partial charge in [-0.2, -0.15) is 0 Å². The average molecular weight is 492 g/mol. The summed E-state index contributed by atoms with van der Waals surface area (Å²) in [5.41, 5.74) is 13.0. The van der Waals surface area contributed by atoms with E-state index in [1.165, 1.54) is 64.8 Å². The van der Waals surface area contributed by atoms with Crippen molar-refractivity contribution in [3.05, 3.63) is 150 Å². The molecule has 2 atom stereocenters. The quantitative estimate of drug-likeness (QED) is 0.383. The Morgan fingerprint density at radius 3 is 2.37 bits per heavy atom. The lowest BCUT2D eigenvalue weighted by molar-refractivity contribution is 0.550. The summed E-state index contributed by atoms with van der Waals surface area (Å²) in [6.45, 7) is 8.68. The highest BCUT2D eigenvalue weighted by molar-refractivity contribution is 5.92. The van der Waals surface area contributed by atoms with Crippen molar-refractivity contribution < 1.29 is 0 Å². The van der Waals surface area contributed by atoms with Crippen LogP contribution in [0.4, 0.5) is 11.4 Å². The molecule has 38 heavy (non-hydrogen) atoms. The summed E-state index contributed by atoms with van der Waals surface area (Å²) in [6, 6.07) is 24.7. The van der Waals surface area contributed by atoms with Gasteiger partial charge in [-0.15, -0.1) is 0 Å². The van der Waals surface area contributed by atoms with Gasteiger partial charge >= 0.3 is 0 Å². The predicted octanol–water partition coefficient (Wildman–Crippen LogP) is 9.69. The summed E-state index contributed by atoms with van der Waals surface area (Å²) in [7, 11) is 0. The van der Waals surface area contributed by atoms with E-state index in [4.69, 9.17) is 0 Å². The van der Waals surface area contributed by atoms with Gasteiger partial charge in [0.1, 0.15) is 0 Å². The van der Waals surface area contributed by atoms with E-state index < -0.39 is 0 Å². The van der Waals surface area contributed by atoms with Crippen molar-refractivity contribution in [3.63, 3.8) is 0 Å². The second-order valence-corrected chi connectivity index (χ2v) is 11.2. The summed E-state index contributed by atoms with van der Waals surface area (Å²) in [6.07, 6.45) is 20.4. The zero-order chi connectivity index (χ0) is 25.7. The van der Waals surface area contributed by atoms with E-state index in [0.29, 0.717) is 0 Å². The van der Waals surface area contributed by atoms with Crippen LogP contribution in [0, 0.1) is 11.8 Å². The number of fused-ring (bicyclic) bond motifs is 5. The fourth-order valence-electron chi connectivity index (χ4n) is 7.21. The van der Waals surface area contributed by atoms with E-state index in [1.807, 2.05) is 0 Å². The molecule has 0 bridgehead atoms. The lowest BCUT2D eigenvalue weighted by Gasteiger charge is -2.27. The van der Waals surface area contributed by atoms with Crippen molar-refractivity contribution >= 4 is 16.9 Å². The standard InChI is InChI=1S/C37H33N/c1-25-11-3-4-14-30(25)31-20-19-28(23-26(31)2)27-12-9-13-29(24-27)38-35-18-10-17-34-36(35)32-15-5-6-16-33(32)37(34)21-7-8-22-37/h3-6,9-20,23-24,30-31,38H,1-2,7-8,21-22H2.